The van der Waals surface area contributed by atoms with Crippen molar-refractivity contribution in [2.24, 2.45) is 0 Å². The van der Waals surface area contributed by atoms with E-state index in [4.69, 9.17) is 0 Å². The summed E-state index contributed by atoms with van der Waals surface area (Å²) in [4.78, 5) is 0. The summed E-state index contributed by atoms with van der Waals surface area (Å²) in [6, 6.07) is 58.9. The van der Waals surface area contributed by atoms with Crippen molar-refractivity contribution >= 4 is 61.3 Å². The van der Waals surface area contributed by atoms with Crippen molar-refractivity contribution in [1.29, 1.82) is 0 Å². The topological polar surface area (TPSA) is 0 Å². The molecule has 192 valence electrons. The zero-order chi connectivity index (χ0) is 25.3. The normalized spacial score (nSPS) is 8.82. The molecule has 0 unspecified atom stereocenters. The predicted octanol–water partition coefficient (Wildman–Crippen LogP) is 10.1. The summed E-state index contributed by atoms with van der Waals surface area (Å²) in [6.07, 6.45) is 0. The molecular weight excluding hydrogens is 583 g/mol. The molecule has 0 N–H and O–H groups in total. The fraction of sp³-hybridized carbons (Fsp3) is 0. The van der Waals surface area contributed by atoms with Crippen LogP contribution in [0.3, 0.4) is 0 Å². The molecule has 7 aromatic carbocycles. The average molecular weight is 613 g/mol. The van der Waals surface area contributed by atoms with Gasteiger partial charge in [-0.05, 0) is 0 Å². The van der Waals surface area contributed by atoms with Crippen LogP contribution < -0.4 is 0 Å². The molecule has 0 aromatic heterocycles. The van der Waals surface area contributed by atoms with Crippen LogP contribution >= 0.6 is 24.8 Å². The van der Waals surface area contributed by atoms with Gasteiger partial charge in [-0.25, -0.2) is 0 Å². The first-order chi connectivity index (χ1) is 17.9. The molecule has 0 aliphatic carbocycles. The van der Waals surface area contributed by atoms with Crippen molar-refractivity contribution in [3.05, 3.63) is 170 Å². The Kier molecular flexibility index (Phi) is 17.3. The first-order valence-electron chi connectivity index (χ1n) is 11.7. The Morgan fingerprint density at radius 3 is 1.29 bits per heavy atom. The third-order valence-electron chi connectivity index (χ3n) is 5.28. The van der Waals surface area contributed by atoms with Gasteiger partial charge in [0, 0.05) is 0 Å². The van der Waals surface area contributed by atoms with Gasteiger partial charge in [0.2, 0.25) is 0 Å². The maximum atomic E-state index is 3.34. The van der Waals surface area contributed by atoms with Crippen molar-refractivity contribution < 1.29 is 24.2 Å². The van der Waals surface area contributed by atoms with Crippen LogP contribution in [0.15, 0.2) is 158 Å². The largest absolute Gasteiger partial charge is 0.184 e. The molecule has 38 heavy (non-hydrogen) atoms. The van der Waals surface area contributed by atoms with E-state index < -0.39 is 0 Å². The number of benzene rings is 5. The molecule has 0 amide bonds. The average Bonchev–Trinajstić information content (AvgIpc) is 3.62. The maximum absolute atomic E-state index is 3.34. The molecule has 0 nitrogen and oxygen atoms in total. The summed E-state index contributed by atoms with van der Waals surface area (Å²) in [5.41, 5.74) is 0. The van der Waals surface area contributed by atoms with Crippen LogP contribution in [0.2, 0.25) is 0 Å². The Morgan fingerprint density at radius 2 is 0.895 bits per heavy atom. The molecule has 0 spiro atoms. The summed E-state index contributed by atoms with van der Waals surface area (Å²) < 4.78 is 3.34. The molecule has 0 fully saturated rings. The Morgan fingerprint density at radius 1 is 0.474 bits per heavy atom. The fourth-order valence-electron chi connectivity index (χ4n) is 3.66. The predicted molar refractivity (Wildman–Crippen MR) is 169 cm³/mol. The molecule has 0 radical (unpaired) electrons. The van der Waals surface area contributed by atoms with E-state index in [2.05, 4.69) is 113 Å². The van der Waals surface area contributed by atoms with E-state index in [1.165, 1.54) is 56.6 Å². The van der Waals surface area contributed by atoms with Gasteiger partial charge in [0.1, 0.15) is 0 Å². The first-order valence-corrected chi connectivity index (χ1v) is 13.5. The van der Waals surface area contributed by atoms with E-state index in [1.807, 2.05) is 60.7 Å². The Hall–Kier alpha value is -3.09. The molecule has 0 aliphatic heterocycles. The summed E-state index contributed by atoms with van der Waals surface area (Å²) in [5, 5.41) is 8.05. The van der Waals surface area contributed by atoms with Gasteiger partial charge in [-0.1, -0.05) is 42.5 Å². The van der Waals surface area contributed by atoms with Crippen molar-refractivity contribution in [2.75, 3.05) is 0 Å². The molecule has 0 saturated carbocycles. The Bertz CT molecular complexity index is 1350. The quantitative estimate of drug-likeness (QED) is 0.150. The van der Waals surface area contributed by atoms with E-state index in [0.717, 1.165) is 0 Å². The van der Waals surface area contributed by atoms with E-state index >= 15 is 0 Å². The van der Waals surface area contributed by atoms with Gasteiger partial charge in [-0.15, -0.1) is 94.2 Å². The minimum absolute atomic E-state index is 0. The van der Waals surface area contributed by atoms with Crippen molar-refractivity contribution in [3.8, 4) is 0 Å². The second-order valence-corrected chi connectivity index (χ2v) is 7.63. The number of hydrogen-bond acceptors (Lipinski definition) is 0. The molecule has 3 heteroatoms. The molecule has 7 aromatic rings. The SMILES string of the molecule is Cl.Cl.[CH2]=[Zr].[c-]1ccccc1.[c-]1ccccc1.c1ccc2[cH-]ccc2c1.c1ccc2c(c1)[cH-]c1ccccc12. The third-order valence-corrected chi connectivity index (χ3v) is 5.28. The Balaban J connectivity index is 0.000000256. The van der Waals surface area contributed by atoms with Crippen LogP contribution in [0.1, 0.15) is 0 Å². The molecule has 0 atom stereocenters. The monoisotopic (exact) mass is 610 g/mol. The van der Waals surface area contributed by atoms with Crippen LogP contribution in [0.4, 0.5) is 0 Å². The minimum Gasteiger partial charge on any atom is -0.184 e. The van der Waals surface area contributed by atoms with E-state index in [-0.39, 0.29) is 24.8 Å². The van der Waals surface area contributed by atoms with E-state index in [9.17, 15) is 0 Å². The summed E-state index contributed by atoms with van der Waals surface area (Å²) >= 11 is 1.30. The van der Waals surface area contributed by atoms with Crippen LogP contribution in [0.5, 0.6) is 0 Å². The molecular formula is C35H30Cl2Zr-4. The molecule has 0 saturated heterocycles. The molecule has 0 aliphatic rings. The molecule has 0 heterocycles. The van der Waals surface area contributed by atoms with Crippen LogP contribution in [0, 0.1) is 12.1 Å². The zero-order valence-electron chi connectivity index (χ0n) is 21.0. The van der Waals surface area contributed by atoms with Crippen molar-refractivity contribution in [1.82, 2.24) is 0 Å². The second kappa shape index (κ2) is 19.9. The van der Waals surface area contributed by atoms with Crippen LogP contribution in [0.25, 0.3) is 32.3 Å². The first kappa shape index (κ1) is 32.9. The minimum atomic E-state index is 0. The van der Waals surface area contributed by atoms with Gasteiger partial charge in [0.25, 0.3) is 0 Å². The second-order valence-electron chi connectivity index (χ2n) is 7.63. The van der Waals surface area contributed by atoms with Gasteiger partial charge in [-0.2, -0.15) is 90.3 Å². The fourth-order valence-corrected chi connectivity index (χ4v) is 3.66. The van der Waals surface area contributed by atoms with Gasteiger partial charge in [0.05, 0.1) is 0 Å². The van der Waals surface area contributed by atoms with Gasteiger partial charge < -0.3 is 0 Å². The molecule has 7 rings (SSSR count). The number of rotatable bonds is 0. The smallest absolute Gasteiger partial charge is 0.0771 e. The maximum Gasteiger partial charge on any atom is -0.0771 e. The van der Waals surface area contributed by atoms with E-state index in [1.54, 1.807) is 0 Å². The molecule has 0 bridgehead atoms. The third kappa shape index (κ3) is 10.7. The van der Waals surface area contributed by atoms with Crippen molar-refractivity contribution in [2.45, 2.75) is 0 Å². The van der Waals surface area contributed by atoms with Crippen LogP contribution in [-0.2, 0) is 24.2 Å². The summed E-state index contributed by atoms with van der Waals surface area (Å²) in [5.74, 6) is 0. The Labute approximate surface area is 253 Å². The number of fused-ring (bicyclic) bond motifs is 4. The standard InChI is InChI=1S/C13H9.C9H7.2C6H5.CH2.2ClH.Zr/c1-3-7-12-10(5-1)9-11-6-2-4-8-13(11)12;1-2-5-9-7-3-6-8(9)4-1;2*1-2-4-6-5-3-1;;;;/h1-9H;1-7H;2*1-5H;1H2;2*1H;/q4*-1;;;;. The van der Waals surface area contributed by atoms with Gasteiger partial charge in [-0.3, -0.25) is 0 Å². The van der Waals surface area contributed by atoms with Crippen LogP contribution in [-0.4, -0.2) is 4.21 Å². The van der Waals surface area contributed by atoms with E-state index in [0.29, 0.717) is 0 Å². The van der Waals surface area contributed by atoms with Gasteiger partial charge >= 0.3 is 28.4 Å². The number of hydrogen-bond donors (Lipinski definition) is 0. The van der Waals surface area contributed by atoms with Crippen molar-refractivity contribution in [3.63, 3.8) is 0 Å². The summed E-state index contributed by atoms with van der Waals surface area (Å²) in [6.45, 7) is 0. The zero-order valence-corrected chi connectivity index (χ0v) is 25.1. The van der Waals surface area contributed by atoms with Gasteiger partial charge in [0.15, 0.2) is 0 Å². The number of halogens is 2. The summed E-state index contributed by atoms with van der Waals surface area (Å²) in [7, 11) is 0.